The van der Waals surface area contributed by atoms with Gasteiger partial charge in [-0.2, -0.15) is 0 Å². The second kappa shape index (κ2) is 55.1. The molecular formula is C68H117NO10. The van der Waals surface area contributed by atoms with Crippen molar-refractivity contribution in [2.75, 3.05) is 13.2 Å². The Kier molecular flexibility index (Phi) is 51.4. The van der Waals surface area contributed by atoms with E-state index < -0.39 is 67.4 Å². The van der Waals surface area contributed by atoms with Gasteiger partial charge in [0.25, 0.3) is 0 Å². The average molecular weight is 1110 g/mol. The summed E-state index contributed by atoms with van der Waals surface area (Å²) in [5.74, 6) is -1.23. The molecule has 1 aliphatic rings. The Morgan fingerprint density at radius 1 is 0.506 bits per heavy atom. The number of allylic oxidation sites excluding steroid dienone is 15. The fourth-order valence-electron chi connectivity index (χ4n) is 9.41. The highest BCUT2D eigenvalue weighted by atomic mass is 16.7. The number of carbonyl (C=O) groups is 2. The maximum absolute atomic E-state index is 13.4. The molecule has 79 heavy (non-hydrogen) atoms. The van der Waals surface area contributed by atoms with Crippen LogP contribution in [0.3, 0.4) is 0 Å². The van der Waals surface area contributed by atoms with E-state index in [4.69, 9.17) is 14.2 Å². The van der Waals surface area contributed by atoms with E-state index in [9.17, 15) is 35.1 Å². The van der Waals surface area contributed by atoms with Crippen LogP contribution < -0.4 is 5.32 Å². The Balaban J connectivity index is 2.71. The summed E-state index contributed by atoms with van der Waals surface area (Å²) < 4.78 is 17.6. The molecule has 8 unspecified atom stereocenters. The average Bonchev–Trinajstić information content (AvgIpc) is 3.49. The quantitative estimate of drug-likeness (QED) is 0.0195. The van der Waals surface area contributed by atoms with Crippen molar-refractivity contribution in [3.63, 3.8) is 0 Å². The van der Waals surface area contributed by atoms with E-state index in [-0.39, 0.29) is 19.4 Å². The number of unbranched alkanes of at least 4 members (excludes halogenated alkanes) is 25. The molecule has 0 aliphatic carbocycles. The molecule has 1 heterocycles. The summed E-state index contributed by atoms with van der Waals surface area (Å²) in [5, 5.41) is 57.0. The van der Waals surface area contributed by atoms with Crippen molar-refractivity contribution < 1.29 is 49.3 Å². The van der Waals surface area contributed by atoms with E-state index in [2.05, 4.69) is 111 Å². The first-order chi connectivity index (χ1) is 38.7. The Labute approximate surface area is 482 Å². The largest absolute Gasteiger partial charge is 0.454 e. The van der Waals surface area contributed by atoms with Crippen LogP contribution in [0.4, 0.5) is 0 Å². The summed E-state index contributed by atoms with van der Waals surface area (Å²) in [6.07, 6.45) is 62.9. The van der Waals surface area contributed by atoms with Crippen LogP contribution in [0.2, 0.25) is 0 Å². The molecule has 1 amide bonds. The third-order valence-corrected chi connectivity index (χ3v) is 14.5. The van der Waals surface area contributed by atoms with Gasteiger partial charge in [0.1, 0.15) is 24.4 Å². The number of amides is 1. The SMILES string of the molecule is CC/C=C\C/C=C\C/C=C\C/C=C\C/C=C\C/C=C\CCCCCC(O)C(=O)NC(COC1OC(CO)C(O)C(O)C1OC(=O)CCCCCCCCC/C=C\CCCCCC)C(O)/C=C/CCCCCCCCCCCCC. The van der Waals surface area contributed by atoms with Crippen LogP contribution in [0, 0.1) is 0 Å². The van der Waals surface area contributed by atoms with E-state index in [1.54, 1.807) is 6.08 Å². The van der Waals surface area contributed by atoms with Crippen molar-refractivity contribution >= 4 is 11.9 Å². The molecule has 8 atom stereocenters. The third kappa shape index (κ3) is 43.0. The lowest BCUT2D eigenvalue weighted by molar-refractivity contribution is -0.305. The minimum atomic E-state index is -1.62. The van der Waals surface area contributed by atoms with Gasteiger partial charge in [-0.3, -0.25) is 9.59 Å². The van der Waals surface area contributed by atoms with Gasteiger partial charge in [-0.15, -0.1) is 0 Å². The molecule has 0 saturated carbocycles. The number of hydrogen-bond acceptors (Lipinski definition) is 10. The van der Waals surface area contributed by atoms with E-state index in [0.29, 0.717) is 12.8 Å². The number of nitrogens with one attached hydrogen (secondary N) is 1. The van der Waals surface area contributed by atoms with Crippen LogP contribution in [-0.2, 0) is 23.8 Å². The van der Waals surface area contributed by atoms with Crippen molar-refractivity contribution in [3.05, 3.63) is 97.2 Å². The lowest BCUT2D eigenvalue weighted by atomic mass is 9.99. The lowest BCUT2D eigenvalue weighted by Crippen LogP contribution is -2.61. The third-order valence-electron chi connectivity index (χ3n) is 14.5. The number of ether oxygens (including phenoxy) is 3. The topological polar surface area (TPSA) is 175 Å². The van der Waals surface area contributed by atoms with Crippen LogP contribution in [0.5, 0.6) is 0 Å². The van der Waals surface area contributed by atoms with Gasteiger partial charge < -0.3 is 45.1 Å². The van der Waals surface area contributed by atoms with Gasteiger partial charge in [0.2, 0.25) is 5.91 Å². The second-order valence-corrected chi connectivity index (χ2v) is 21.8. The first-order valence-corrected chi connectivity index (χ1v) is 32.0. The predicted molar refractivity (Wildman–Crippen MR) is 329 cm³/mol. The van der Waals surface area contributed by atoms with Gasteiger partial charge in [0.15, 0.2) is 12.4 Å². The van der Waals surface area contributed by atoms with Crippen molar-refractivity contribution in [1.29, 1.82) is 0 Å². The monoisotopic (exact) mass is 1110 g/mol. The highest BCUT2D eigenvalue weighted by Crippen LogP contribution is 2.26. The summed E-state index contributed by atoms with van der Waals surface area (Å²) in [7, 11) is 0. The Bertz CT molecular complexity index is 1650. The molecular weight excluding hydrogens is 991 g/mol. The van der Waals surface area contributed by atoms with E-state index in [1.165, 1.54) is 103 Å². The van der Waals surface area contributed by atoms with Gasteiger partial charge in [-0.1, -0.05) is 246 Å². The Hall–Kier alpha value is -3.42. The number of esters is 1. The molecule has 454 valence electrons. The molecule has 1 saturated heterocycles. The second-order valence-electron chi connectivity index (χ2n) is 21.8. The molecule has 0 aromatic carbocycles. The van der Waals surface area contributed by atoms with Crippen LogP contribution >= 0.6 is 0 Å². The highest BCUT2D eigenvalue weighted by molar-refractivity contribution is 5.80. The van der Waals surface area contributed by atoms with Crippen molar-refractivity contribution in [3.8, 4) is 0 Å². The molecule has 0 radical (unpaired) electrons. The number of hydrogen-bond donors (Lipinski definition) is 6. The summed E-state index contributed by atoms with van der Waals surface area (Å²) in [6.45, 7) is 5.65. The standard InChI is InChI=1S/C68H117NO10/c1-4-7-10-13-16-19-22-25-27-28-29-30-31-32-33-35-37-40-43-46-49-52-55-61(72)67(76)69-59(60(71)54-51-48-45-42-39-36-24-21-18-15-12-9-6-3)58-77-68-66(65(75)64(74)62(57-70)78-68)79-63(73)56-53-50-47-44-41-38-34-26-23-20-17-14-11-8-5-2/h7,10,16,19-20,23,25,27,29-30,32-33,37,40,51,54,59-62,64-66,68,70-72,74-75H,4-6,8-9,11-15,17-18,21-22,24,26,28,31,34-36,38-39,41-50,52-53,55-58H2,1-3H3,(H,69,76)/b10-7-,19-16-,23-20-,27-25-,30-29-,33-32-,40-37-,54-51+. The van der Waals surface area contributed by atoms with Gasteiger partial charge in [-0.05, 0) is 103 Å². The molecule has 6 N–H and O–H groups in total. The summed E-state index contributed by atoms with van der Waals surface area (Å²) in [4.78, 5) is 26.6. The predicted octanol–water partition coefficient (Wildman–Crippen LogP) is 15.5. The fourth-order valence-corrected chi connectivity index (χ4v) is 9.41. The number of rotatable bonds is 53. The zero-order valence-corrected chi connectivity index (χ0v) is 50.2. The Morgan fingerprint density at radius 2 is 0.911 bits per heavy atom. The summed E-state index contributed by atoms with van der Waals surface area (Å²) in [6, 6.07) is -1.04. The number of aliphatic hydroxyl groups is 5. The molecule has 11 nitrogen and oxygen atoms in total. The first-order valence-electron chi connectivity index (χ1n) is 32.0. The van der Waals surface area contributed by atoms with Crippen molar-refractivity contribution in [1.82, 2.24) is 5.32 Å². The zero-order valence-electron chi connectivity index (χ0n) is 50.2. The molecule has 0 aromatic rings. The van der Waals surface area contributed by atoms with Gasteiger partial charge >= 0.3 is 5.97 Å². The van der Waals surface area contributed by atoms with Gasteiger partial charge in [-0.25, -0.2) is 0 Å². The highest BCUT2D eigenvalue weighted by Gasteiger charge is 2.47. The number of carbonyl (C=O) groups excluding carboxylic acids is 2. The minimum absolute atomic E-state index is 0.111. The molecule has 1 rings (SSSR count). The van der Waals surface area contributed by atoms with Crippen LogP contribution in [0.15, 0.2) is 97.2 Å². The summed E-state index contributed by atoms with van der Waals surface area (Å²) >= 11 is 0. The minimum Gasteiger partial charge on any atom is -0.454 e. The zero-order chi connectivity index (χ0) is 57.5. The molecule has 0 bridgehead atoms. The molecule has 11 heteroatoms. The normalized spacial score (nSPS) is 19.5. The Morgan fingerprint density at radius 3 is 1.39 bits per heavy atom. The van der Waals surface area contributed by atoms with Crippen molar-refractivity contribution in [2.24, 2.45) is 0 Å². The van der Waals surface area contributed by atoms with E-state index >= 15 is 0 Å². The molecule has 0 spiro atoms. The van der Waals surface area contributed by atoms with Crippen LogP contribution in [-0.4, -0.2) is 99.6 Å². The first kappa shape index (κ1) is 73.6. The van der Waals surface area contributed by atoms with E-state index in [1.807, 2.05) is 6.08 Å². The lowest BCUT2D eigenvalue weighted by Gasteiger charge is -2.41. The maximum atomic E-state index is 13.4. The number of aliphatic hydroxyl groups excluding tert-OH is 5. The van der Waals surface area contributed by atoms with Crippen LogP contribution in [0.25, 0.3) is 0 Å². The maximum Gasteiger partial charge on any atom is 0.306 e. The summed E-state index contributed by atoms with van der Waals surface area (Å²) in [5.41, 5.74) is 0. The van der Waals surface area contributed by atoms with E-state index in [0.717, 1.165) is 109 Å². The van der Waals surface area contributed by atoms with Crippen LogP contribution in [0.1, 0.15) is 258 Å². The fraction of sp³-hybridized carbons (Fsp3) is 0.735. The van der Waals surface area contributed by atoms with Gasteiger partial charge in [0.05, 0.1) is 25.4 Å². The smallest absolute Gasteiger partial charge is 0.306 e. The van der Waals surface area contributed by atoms with Crippen molar-refractivity contribution in [2.45, 2.75) is 307 Å². The van der Waals surface area contributed by atoms with Gasteiger partial charge in [0, 0.05) is 6.42 Å². The molecule has 0 aromatic heterocycles. The molecule has 1 fully saturated rings. The molecule has 1 aliphatic heterocycles.